The van der Waals surface area contributed by atoms with Crippen molar-refractivity contribution in [2.75, 3.05) is 6.54 Å². The average molecular weight is 313 g/mol. The van der Waals surface area contributed by atoms with Crippen LogP contribution in [0.3, 0.4) is 0 Å². The van der Waals surface area contributed by atoms with Gasteiger partial charge in [-0.1, -0.05) is 17.7 Å². The number of aliphatic hydroxyl groups excluding tert-OH is 1. The Labute approximate surface area is 127 Å². The maximum absolute atomic E-state index is 12.6. The molecule has 6 heteroatoms. The van der Waals surface area contributed by atoms with Crippen LogP contribution < -0.4 is 0 Å². The first kappa shape index (κ1) is 16.5. The quantitative estimate of drug-likeness (QED) is 0.851. The number of benzene rings is 1. The Morgan fingerprint density at radius 2 is 1.86 bits per heavy atom. The van der Waals surface area contributed by atoms with Gasteiger partial charge in [0, 0.05) is 12.6 Å². The Morgan fingerprint density at radius 3 is 2.36 bits per heavy atom. The number of allylic oxidation sites excluding steroid dienone is 1. The molecule has 3 nitrogen and oxygen atoms in total. The number of aliphatic hydroxyl groups is 1. The van der Waals surface area contributed by atoms with Crippen molar-refractivity contribution in [3.63, 3.8) is 0 Å². The Hall–Kier alpha value is -1.82. The third kappa shape index (κ3) is 3.68. The molecule has 22 heavy (non-hydrogen) atoms. The summed E-state index contributed by atoms with van der Waals surface area (Å²) in [5.41, 5.74) is 0.703. The number of halogens is 3. The topological polar surface area (TPSA) is 40.5 Å². The predicted octanol–water partition coefficient (Wildman–Crippen LogP) is 3.31. The number of hydrogen-bond donors (Lipinski definition) is 1. The SMILES string of the molecule is CC(C)=CC(=O)N1CC(O)CC1c1ccc(C(F)(F)F)cc1. The van der Waals surface area contributed by atoms with E-state index in [9.17, 15) is 23.1 Å². The fraction of sp³-hybridized carbons (Fsp3) is 0.438. The monoisotopic (exact) mass is 313 g/mol. The van der Waals surface area contributed by atoms with Gasteiger partial charge in [-0.05, 0) is 38.0 Å². The van der Waals surface area contributed by atoms with Crippen molar-refractivity contribution < 1.29 is 23.1 Å². The minimum Gasteiger partial charge on any atom is -0.391 e. The van der Waals surface area contributed by atoms with Crippen molar-refractivity contribution in [2.45, 2.75) is 38.6 Å². The van der Waals surface area contributed by atoms with E-state index in [0.717, 1.165) is 17.7 Å². The Bertz CT molecular complexity index is 574. The highest BCUT2D eigenvalue weighted by Gasteiger charge is 2.35. The summed E-state index contributed by atoms with van der Waals surface area (Å²) >= 11 is 0. The standard InChI is InChI=1S/C16H18F3NO2/c1-10(2)7-15(22)20-9-13(21)8-14(20)11-3-5-12(6-4-11)16(17,18)19/h3-7,13-14,21H,8-9H2,1-2H3. The van der Waals surface area contributed by atoms with Crippen LogP contribution in [0.2, 0.25) is 0 Å². The molecular weight excluding hydrogens is 295 g/mol. The summed E-state index contributed by atoms with van der Waals surface area (Å²) in [7, 11) is 0. The number of amides is 1. The molecule has 0 radical (unpaired) electrons. The molecule has 1 amide bonds. The molecule has 0 bridgehead atoms. The number of nitrogens with zero attached hydrogens (tertiary/aromatic N) is 1. The Kier molecular flexibility index (Phi) is 4.60. The molecule has 1 heterocycles. The van der Waals surface area contributed by atoms with Crippen LogP contribution in [-0.4, -0.2) is 28.6 Å². The molecule has 1 aliphatic rings. The van der Waals surface area contributed by atoms with Crippen LogP contribution in [0, 0.1) is 0 Å². The lowest BCUT2D eigenvalue weighted by atomic mass is 10.0. The van der Waals surface area contributed by atoms with Gasteiger partial charge in [0.2, 0.25) is 5.91 Å². The highest BCUT2D eigenvalue weighted by molar-refractivity contribution is 5.88. The molecule has 1 aliphatic heterocycles. The molecule has 1 aromatic carbocycles. The van der Waals surface area contributed by atoms with Crippen molar-refractivity contribution in [3.8, 4) is 0 Å². The molecule has 2 atom stereocenters. The van der Waals surface area contributed by atoms with Crippen molar-refractivity contribution in [1.29, 1.82) is 0 Å². The second kappa shape index (κ2) is 6.12. The van der Waals surface area contributed by atoms with Crippen molar-refractivity contribution in [3.05, 3.63) is 47.0 Å². The molecule has 1 saturated heterocycles. The third-order valence-corrected chi connectivity index (χ3v) is 3.60. The van der Waals surface area contributed by atoms with Gasteiger partial charge in [0.1, 0.15) is 0 Å². The van der Waals surface area contributed by atoms with E-state index in [1.54, 1.807) is 13.8 Å². The number of carbonyl (C=O) groups excluding carboxylic acids is 1. The summed E-state index contributed by atoms with van der Waals surface area (Å²) in [4.78, 5) is 13.7. The van der Waals surface area contributed by atoms with Crippen LogP contribution in [0.1, 0.15) is 37.4 Å². The van der Waals surface area contributed by atoms with Gasteiger partial charge in [0.15, 0.2) is 0 Å². The van der Waals surface area contributed by atoms with Gasteiger partial charge in [0.25, 0.3) is 0 Å². The summed E-state index contributed by atoms with van der Waals surface area (Å²) < 4.78 is 37.8. The third-order valence-electron chi connectivity index (χ3n) is 3.60. The largest absolute Gasteiger partial charge is 0.416 e. The molecule has 2 rings (SSSR count). The average Bonchev–Trinajstić information content (AvgIpc) is 2.79. The Morgan fingerprint density at radius 1 is 1.27 bits per heavy atom. The molecule has 0 aliphatic carbocycles. The van der Waals surface area contributed by atoms with Crippen LogP contribution in [0.25, 0.3) is 0 Å². The second-order valence-corrected chi connectivity index (χ2v) is 5.74. The molecule has 120 valence electrons. The van der Waals surface area contributed by atoms with Crippen LogP contribution in [0.15, 0.2) is 35.9 Å². The molecule has 0 spiro atoms. The number of alkyl halides is 3. The normalized spacial score (nSPS) is 21.8. The van der Waals surface area contributed by atoms with Gasteiger partial charge in [-0.15, -0.1) is 0 Å². The summed E-state index contributed by atoms with van der Waals surface area (Å²) in [5.74, 6) is -0.235. The van der Waals surface area contributed by atoms with Gasteiger partial charge in [-0.2, -0.15) is 13.2 Å². The first-order valence-corrected chi connectivity index (χ1v) is 6.99. The van der Waals surface area contributed by atoms with Crippen LogP contribution in [0.5, 0.6) is 0 Å². The van der Waals surface area contributed by atoms with E-state index in [-0.39, 0.29) is 12.5 Å². The molecular formula is C16H18F3NO2. The zero-order chi connectivity index (χ0) is 16.5. The highest BCUT2D eigenvalue weighted by Crippen LogP contribution is 2.35. The zero-order valence-electron chi connectivity index (χ0n) is 12.4. The smallest absolute Gasteiger partial charge is 0.391 e. The van der Waals surface area contributed by atoms with Crippen LogP contribution in [0.4, 0.5) is 13.2 Å². The van der Waals surface area contributed by atoms with E-state index in [1.165, 1.54) is 23.1 Å². The maximum atomic E-state index is 12.6. The number of β-amino-alcohol motifs (C(OH)–C–C–N with tert-alkyl or cyclic N) is 1. The van der Waals surface area contributed by atoms with Crippen LogP contribution >= 0.6 is 0 Å². The maximum Gasteiger partial charge on any atom is 0.416 e. The van der Waals surface area contributed by atoms with Gasteiger partial charge in [-0.3, -0.25) is 4.79 Å². The molecule has 0 aromatic heterocycles. The van der Waals surface area contributed by atoms with Crippen molar-refractivity contribution in [2.24, 2.45) is 0 Å². The van der Waals surface area contributed by atoms with Gasteiger partial charge in [-0.25, -0.2) is 0 Å². The summed E-state index contributed by atoms with van der Waals surface area (Å²) in [6.45, 7) is 3.77. The molecule has 1 N–H and O–H groups in total. The first-order chi connectivity index (χ1) is 10.2. The van der Waals surface area contributed by atoms with Crippen molar-refractivity contribution >= 4 is 5.91 Å². The fourth-order valence-corrected chi connectivity index (χ4v) is 2.60. The number of hydrogen-bond acceptors (Lipinski definition) is 2. The molecule has 1 fully saturated rings. The lowest BCUT2D eigenvalue weighted by Gasteiger charge is -2.24. The summed E-state index contributed by atoms with van der Waals surface area (Å²) in [6, 6.07) is 4.34. The summed E-state index contributed by atoms with van der Waals surface area (Å²) in [6.07, 6.45) is -3.25. The fourth-order valence-electron chi connectivity index (χ4n) is 2.60. The molecule has 0 saturated carbocycles. The minimum absolute atomic E-state index is 0.189. The first-order valence-electron chi connectivity index (χ1n) is 6.99. The van der Waals surface area contributed by atoms with E-state index < -0.39 is 23.9 Å². The van der Waals surface area contributed by atoms with E-state index in [4.69, 9.17) is 0 Å². The number of likely N-dealkylation sites (tertiary alicyclic amines) is 1. The van der Waals surface area contributed by atoms with E-state index in [2.05, 4.69) is 0 Å². The second-order valence-electron chi connectivity index (χ2n) is 5.74. The lowest BCUT2D eigenvalue weighted by Crippen LogP contribution is -2.30. The zero-order valence-corrected chi connectivity index (χ0v) is 12.4. The Balaban J connectivity index is 2.25. The van der Waals surface area contributed by atoms with Crippen molar-refractivity contribution in [1.82, 2.24) is 4.90 Å². The van der Waals surface area contributed by atoms with Gasteiger partial charge >= 0.3 is 6.18 Å². The lowest BCUT2D eigenvalue weighted by molar-refractivity contribution is -0.137. The van der Waals surface area contributed by atoms with E-state index >= 15 is 0 Å². The number of carbonyl (C=O) groups is 1. The number of rotatable bonds is 2. The predicted molar refractivity (Wildman–Crippen MR) is 76.0 cm³/mol. The summed E-state index contributed by atoms with van der Waals surface area (Å²) in [5, 5.41) is 9.80. The van der Waals surface area contributed by atoms with Crippen LogP contribution in [-0.2, 0) is 11.0 Å². The molecule has 2 unspecified atom stereocenters. The molecule has 1 aromatic rings. The van der Waals surface area contributed by atoms with Gasteiger partial charge < -0.3 is 10.0 Å². The van der Waals surface area contributed by atoms with E-state index in [0.29, 0.717) is 12.0 Å². The minimum atomic E-state index is -4.38. The highest BCUT2D eigenvalue weighted by atomic mass is 19.4. The van der Waals surface area contributed by atoms with Gasteiger partial charge in [0.05, 0.1) is 17.7 Å². The van der Waals surface area contributed by atoms with E-state index in [1.807, 2.05) is 0 Å².